The Balaban J connectivity index is 2.97. The smallest absolute Gasteiger partial charge is 0.0822 e. The normalized spacial score (nSPS) is 13.5. The number of rotatable bonds is 6. The first-order valence-corrected chi connectivity index (χ1v) is 4.56. The molecule has 0 bridgehead atoms. The molecule has 0 aromatic carbocycles. The number of hydrogen-bond acceptors (Lipinski definition) is 0. The summed E-state index contributed by atoms with van der Waals surface area (Å²) in [6.45, 7) is 0.0183. The number of halogens is 2. The lowest BCUT2D eigenvalue weighted by molar-refractivity contribution is 0.186. The molecule has 0 aliphatic carbocycles. The highest BCUT2D eigenvalue weighted by Gasteiger charge is 2.01. The van der Waals surface area contributed by atoms with Crippen LogP contribution in [0.5, 0.6) is 0 Å². The van der Waals surface area contributed by atoms with E-state index in [1.54, 1.807) is 0 Å². The van der Waals surface area contributed by atoms with Gasteiger partial charge in [-0.3, -0.25) is 0 Å². The Hall–Kier alpha value is 0.540. The van der Waals surface area contributed by atoms with E-state index in [1.807, 2.05) is 0 Å². The molecular weight excluding hydrogens is 171 g/mol. The molecule has 0 saturated heterocycles. The summed E-state index contributed by atoms with van der Waals surface area (Å²) < 4.78 is 0. The van der Waals surface area contributed by atoms with Crippen LogP contribution in [-0.2, 0) is 5.11 Å². The van der Waals surface area contributed by atoms with Gasteiger partial charge in [-0.25, -0.2) is 5.11 Å². The molecule has 0 N–H and O–H groups in total. The van der Waals surface area contributed by atoms with Crippen molar-refractivity contribution < 1.29 is 5.11 Å². The molecule has 0 rings (SSSR count). The molecule has 0 aliphatic rings. The maximum atomic E-state index is 10.0. The highest BCUT2D eigenvalue weighted by Crippen LogP contribution is 2.11. The fraction of sp³-hybridized carbons (Fsp3) is 1.00. The summed E-state index contributed by atoms with van der Waals surface area (Å²) in [5.41, 5.74) is 0. The van der Waals surface area contributed by atoms with Gasteiger partial charge in [0.1, 0.15) is 0 Å². The minimum atomic E-state index is 0.0183. The zero-order valence-electron chi connectivity index (χ0n) is 5.98. The molecule has 0 aromatic rings. The van der Waals surface area contributed by atoms with Crippen LogP contribution >= 0.6 is 23.2 Å². The highest BCUT2D eigenvalue weighted by molar-refractivity contribution is 6.22. The molecule has 0 aliphatic heterocycles. The summed E-state index contributed by atoms with van der Waals surface area (Å²) in [6.07, 6.45) is 3.46. The van der Waals surface area contributed by atoms with Gasteiger partial charge in [-0.15, -0.1) is 23.2 Å². The molecule has 0 amide bonds. The molecule has 3 heteroatoms. The Kier molecular flexibility index (Phi) is 8.06. The van der Waals surface area contributed by atoms with Gasteiger partial charge in [0.05, 0.1) is 6.61 Å². The average Bonchev–Trinajstić information content (AvgIpc) is 1.89. The van der Waals surface area contributed by atoms with Crippen molar-refractivity contribution in [2.45, 2.75) is 31.1 Å². The first-order valence-electron chi connectivity index (χ1n) is 3.59. The topological polar surface area (TPSA) is 19.9 Å². The van der Waals surface area contributed by atoms with Crippen LogP contribution in [0.4, 0.5) is 0 Å². The Morgan fingerprint density at radius 2 is 1.90 bits per heavy atom. The van der Waals surface area contributed by atoms with Crippen molar-refractivity contribution in [3.05, 3.63) is 0 Å². The molecule has 1 atom stereocenters. The van der Waals surface area contributed by atoms with Gasteiger partial charge in [-0.05, 0) is 25.7 Å². The van der Waals surface area contributed by atoms with Gasteiger partial charge in [-0.1, -0.05) is 0 Å². The van der Waals surface area contributed by atoms with Crippen LogP contribution in [0.15, 0.2) is 0 Å². The van der Waals surface area contributed by atoms with E-state index in [0.29, 0.717) is 5.88 Å². The SMILES string of the molecule is [O]CCCCC(Cl)CCCl. The monoisotopic (exact) mass is 183 g/mol. The Labute approximate surface area is 72.3 Å². The summed E-state index contributed by atoms with van der Waals surface area (Å²) in [7, 11) is 0. The van der Waals surface area contributed by atoms with Crippen molar-refractivity contribution in [2.75, 3.05) is 12.5 Å². The predicted molar refractivity (Wildman–Crippen MR) is 44.4 cm³/mol. The van der Waals surface area contributed by atoms with E-state index in [0.717, 1.165) is 25.7 Å². The lowest BCUT2D eigenvalue weighted by Crippen LogP contribution is -1.99. The largest absolute Gasteiger partial charge is 0.237 e. The second-order valence-corrected chi connectivity index (χ2v) is 3.27. The predicted octanol–water partition coefficient (Wildman–Crippen LogP) is 2.82. The second kappa shape index (κ2) is 7.64. The average molecular weight is 184 g/mol. The van der Waals surface area contributed by atoms with Gasteiger partial charge in [-0.2, -0.15) is 0 Å². The zero-order valence-corrected chi connectivity index (χ0v) is 7.50. The third-order valence-electron chi connectivity index (χ3n) is 1.33. The van der Waals surface area contributed by atoms with Crippen molar-refractivity contribution in [3.63, 3.8) is 0 Å². The lowest BCUT2D eigenvalue weighted by atomic mass is 10.1. The van der Waals surface area contributed by atoms with E-state index in [4.69, 9.17) is 23.2 Å². The van der Waals surface area contributed by atoms with Crippen LogP contribution in [0.25, 0.3) is 0 Å². The maximum Gasteiger partial charge on any atom is 0.0822 e. The molecule has 1 unspecified atom stereocenters. The third-order valence-corrected chi connectivity index (χ3v) is 1.99. The highest BCUT2D eigenvalue weighted by atomic mass is 35.5. The van der Waals surface area contributed by atoms with E-state index in [9.17, 15) is 5.11 Å². The third kappa shape index (κ3) is 6.66. The standard InChI is InChI=1S/C7H13Cl2O/c8-5-4-7(9)3-1-2-6-10/h7H,1-6H2. The van der Waals surface area contributed by atoms with Gasteiger partial charge in [0.2, 0.25) is 0 Å². The maximum absolute atomic E-state index is 10.0. The van der Waals surface area contributed by atoms with Gasteiger partial charge in [0.25, 0.3) is 0 Å². The molecule has 0 fully saturated rings. The summed E-state index contributed by atoms with van der Waals surface area (Å²) in [4.78, 5) is 0. The van der Waals surface area contributed by atoms with Crippen molar-refractivity contribution in [1.29, 1.82) is 0 Å². The van der Waals surface area contributed by atoms with Crippen molar-refractivity contribution in [3.8, 4) is 0 Å². The molecule has 0 aromatic heterocycles. The van der Waals surface area contributed by atoms with Crippen LogP contribution in [0.2, 0.25) is 0 Å². The summed E-state index contributed by atoms with van der Waals surface area (Å²) >= 11 is 11.3. The number of unbranched alkanes of at least 4 members (excludes halogenated alkanes) is 1. The van der Waals surface area contributed by atoms with E-state index in [2.05, 4.69) is 0 Å². The molecule has 61 valence electrons. The zero-order chi connectivity index (χ0) is 7.82. The number of alkyl halides is 2. The van der Waals surface area contributed by atoms with Crippen LogP contribution in [0, 0.1) is 0 Å². The second-order valence-electron chi connectivity index (χ2n) is 2.27. The van der Waals surface area contributed by atoms with Crippen molar-refractivity contribution >= 4 is 23.2 Å². The van der Waals surface area contributed by atoms with Gasteiger partial charge in [0.15, 0.2) is 0 Å². The molecule has 1 radical (unpaired) electrons. The molecule has 0 spiro atoms. The fourth-order valence-corrected chi connectivity index (χ4v) is 1.37. The van der Waals surface area contributed by atoms with E-state index < -0.39 is 0 Å². The minimum Gasteiger partial charge on any atom is -0.237 e. The first-order chi connectivity index (χ1) is 4.81. The molecule has 10 heavy (non-hydrogen) atoms. The molecule has 0 heterocycles. The summed E-state index contributed by atoms with van der Waals surface area (Å²) in [6, 6.07) is 0. The van der Waals surface area contributed by atoms with Crippen molar-refractivity contribution in [1.82, 2.24) is 0 Å². The molecular formula is C7H13Cl2O. The molecule has 1 nitrogen and oxygen atoms in total. The van der Waals surface area contributed by atoms with Crippen molar-refractivity contribution in [2.24, 2.45) is 0 Å². The van der Waals surface area contributed by atoms with Crippen LogP contribution in [0.1, 0.15) is 25.7 Å². The van der Waals surface area contributed by atoms with Gasteiger partial charge < -0.3 is 0 Å². The van der Waals surface area contributed by atoms with Gasteiger partial charge in [0, 0.05) is 11.3 Å². The Morgan fingerprint density at radius 3 is 2.40 bits per heavy atom. The number of hydrogen-bond donors (Lipinski definition) is 0. The minimum absolute atomic E-state index is 0.0183. The first kappa shape index (κ1) is 10.5. The lowest BCUT2D eigenvalue weighted by Gasteiger charge is -2.04. The van der Waals surface area contributed by atoms with Gasteiger partial charge >= 0.3 is 0 Å². The molecule has 0 saturated carbocycles. The Morgan fingerprint density at radius 1 is 1.20 bits per heavy atom. The van der Waals surface area contributed by atoms with Crippen LogP contribution < -0.4 is 0 Å². The van der Waals surface area contributed by atoms with E-state index >= 15 is 0 Å². The fourth-order valence-electron chi connectivity index (χ4n) is 0.731. The summed E-state index contributed by atoms with van der Waals surface area (Å²) in [5.74, 6) is 0.617. The van der Waals surface area contributed by atoms with Crippen LogP contribution in [-0.4, -0.2) is 17.9 Å². The van der Waals surface area contributed by atoms with Crippen LogP contribution in [0.3, 0.4) is 0 Å². The van der Waals surface area contributed by atoms with E-state index in [-0.39, 0.29) is 12.0 Å². The summed E-state index contributed by atoms with van der Waals surface area (Å²) in [5, 5.41) is 10.2. The Bertz CT molecular complexity index is 68.6. The van der Waals surface area contributed by atoms with E-state index in [1.165, 1.54) is 0 Å². The quantitative estimate of drug-likeness (QED) is 0.446.